The van der Waals surface area contributed by atoms with Crippen molar-refractivity contribution < 1.29 is 19.1 Å². The molecule has 1 spiro atoms. The summed E-state index contributed by atoms with van der Waals surface area (Å²) in [5, 5.41) is 0.485. The number of rotatable bonds is 4. The van der Waals surface area contributed by atoms with E-state index in [1.54, 1.807) is 43.9 Å². The summed E-state index contributed by atoms with van der Waals surface area (Å²) in [6.07, 6.45) is 0.0524. The number of hydrogen-bond acceptors (Lipinski definition) is 4. The molecule has 2 aromatic carbocycles. The van der Waals surface area contributed by atoms with E-state index in [0.717, 1.165) is 5.56 Å². The second kappa shape index (κ2) is 7.68. The van der Waals surface area contributed by atoms with Gasteiger partial charge in [-0.2, -0.15) is 0 Å². The monoisotopic (exact) mass is 440 g/mol. The van der Waals surface area contributed by atoms with E-state index in [-0.39, 0.29) is 31.3 Å². The van der Waals surface area contributed by atoms with Gasteiger partial charge in [0, 0.05) is 30.2 Å². The normalized spacial score (nSPS) is 20.5. The van der Waals surface area contributed by atoms with Crippen molar-refractivity contribution in [3.8, 4) is 0 Å². The predicted octanol–water partition coefficient (Wildman–Crippen LogP) is 3.70. The van der Waals surface area contributed by atoms with Gasteiger partial charge in [0.15, 0.2) is 0 Å². The first-order chi connectivity index (χ1) is 14.6. The maximum absolute atomic E-state index is 13.6. The van der Waals surface area contributed by atoms with Crippen LogP contribution in [0.5, 0.6) is 0 Å². The summed E-state index contributed by atoms with van der Waals surface area (Å²) >= 11 is 6.26. The van der Waals surface area contributed by atoms with Crippen LogP contribution < -0.4 is 4.90 Å². The number of anilines is 1. The Morgan fingerprint density at radius 3 is 2.52 bits per heavy atom. The maximum Gasteiger partial charge on any atom is 0.326 e. The van der Waals surface area contributed by atoms with E-state index in [2.05, 4.69) is 0 Å². The number of nitrogens with zero attached hydrogens (tertiary/aromatic N) is 2. The van der Waals surface area contributed by atoms with Gasteiger partial charge in [0.1, 0.15) is 17.6 Å². The van der Waals surface area contributed by atoms with Crippen LogP contribution >= 0.6 is 11.6 Å². The molecule has 6 nitrogen and oxygen atoms in total. The van der Waals surface area contributed by atoms with E-state index >= 15 is 0 Å². The van der Waals surface area contributed by atoms with Crippen LogP contribution in [-0.2, 0) is 31.1 Å². The van der Waals surface area contributed by atoms with Gasteiger partial charge in [0.2, 0.25) is 11.8 Å². The SMILES string of the molecule is CC(C)(C)OC(=O)CN1C(=O)C2(CC(=O)N(Cc3ccccc3)C2)c2cc(Cl)ccc21. The number of likely N-dealkylation sites (tertiary alicyclic amines) is 1. The summed E-state index contributed by atoms with van der Waals surface area (Å²) < 4.78 is 5.42. The summed E-state index contributed by atoms with van der Waals surface area (Å²) in [7, 11) is 0. The molecular formula is C24H25ClN2O4. The lowest BCUT2D eigenvalue weighted by Gasteiger charge is -2.25. The fraction of sp³-hybridized carbons (Fsp3) is 0.375. The van der Waals surface area contributed by atoms with Crippen molar-refractivity contribution in [3.05, 3.63) is 64.7 Å². The second-order valence-corrected chi connectivity index (χ2v) is 9.57. The van der Waals surface area contributed by atoms with Crippen molar-refractivity contribution in [3.63, 3.8) is 0 Å². The average Bonchev–Trinajstić information content (AvgIpc) is 3.11. The number of esters is 1. The molecule has 1 fully saturated rings. The number of fused-ring (bicyclic) bond motifs is 2. The smallest absolute Gasteiger partial charge is 0.326 e. The molecule has 0 aromatic heterocycles. The minimum absolute atomic E-state index is 0.0524. The van der Waals surface area contributed by atoms with Crippen molar-refractivity contribution >= 4 is 35.1 Å². The predicted molar refractivity (Wildman–Crippen MR) is 118 cm³/mol. The van der Waals surface area contributed by atoms with Gasteiger partial charge in [-0.3, -0.25) is 14.4 Å². The van der Waals surface area contributed by atoms with Gasteiger partial charge in [-0.05, 0) is 50.1 Å². The summed E-state index contributed by atoms with van der Waals surface area (Å²) in [4.78, 5) is 42.2. The van der Waals surface area contributed by atoms with Crippen LogP contribution in [-0.4, -0.2) is 41.4 Å². The van der Waals surface area contributed by atoms with Crippen molar-refractivity contribution in [2.75, 3.05) is 18.0 Å². The minimum Gasteiger partial charge on any atom is -0.459 e. The van der Waals surface area contributed by atoms with E-state index in [0.29, 0.717) is 22.8 Å². The lowest BCUT2D eigenvalue weighted by atomic mass is 9.81. The zero-order chi connectivity index (χ0) is 22.4. The first-order valence-electron chi connectivity index (χ1n) is 10.2. The van der Waals surface area contributed by atoms with Crippen LogP contribution in [0.3, 0.4) is 0 Å². The van der Waals surface area contributed by atoms with Crippen molar-refractivity contribution in [2.45, 2.75) is 44.8 Å². The second-order valence-electron chi connectivity index (χ2n) is 9.13. The third-order valence-corrected chi connectivity index (χ3v) is 5.84. The molecule has 0 N–H and O–H groups in total. The Hall–Kier alpha value is -2.86. The molecule has 0 bridgehead atoms. The van der Waals surface area contributed by atoms with E-state index < -0.39 is 17.0 Å². The maximum atomic E-state index is 13.6. The molecule has 7 heteroatoms. The Bertz CT molecular complexity index is 1050. The Morgan fingerprint density at radius 1 is 1.13 bits per heavy atom. The molecule has 0 aliphatic carbocycles. The van der Waals surface area contributed by atoms with Crippen molar-refractivity contribution in [1.82, 2.24) is 4.90 Å². The molecular weight excluding hydrogens is 416 g/mol. The number of halogens is 1. The molecule has 0 radical (unpaired) electrons. The zero-order valence-electron chi connectivity index (χ0n) is 17.9. The lowest BCUT2D eigenvalue weighted by molar-refractivity contribution is -0.153. The minimum atomic E-state index is -1.05. The van der Waals surface area contributed by atoms with Crippen LogP contribution in [0, 0.1) is 0 Å². The first-order valence-corrected chi connectivity index (χ1v) is 10.6. The molecule has 4 rings (SSSR count). The molecule has 1 saturated heterocycles. The van der Waals surface area contributed by atoms with Gasteiger partial charge in [0.05, 0.1) is 0 Å². The number of carbonyl (C=O) groups excluding carboxylic acids is 3. The zero-order valence-corrected chi connectivity index (χ0v) is 18.6. The van der Waals surface area contributed by atoms with Crippen LogP contribution in [0.2, 0.25) is 5.02 Å². The summed E-state index contributed by atoms with van der Waals surface area (Å²) in [6, 6.07) is 14.8. The number of amides is 2. The molecule has 31 heavy (non-hydrogen) atoms. The van der Waals surface area contributed by atoms with E-state index in [9.17, 15) is 14.4 Å². The Labute approximate surface area is 186 Å². The quantitative estimate of drug-likeness (QED) is 0.680. The van der Waals surface area contributed by atoms with E-state index in [4.69, 9.17) is 16.3 Å². The Balaban J connectivity index is 1.65. The van der Waals surface area contributed by atoms with Crippen LogP contribution in [0.25, 0.3) is 0 Å². The molecule has 2 amide bonds. The van der Waals surface area contributed by atoms with Crippen LogP contribution in [0.4, 0.5) is 5.69 Å². The van der Waals surface area contributed by atoms with Crippen molar-refractivity contribution in [1.29, 1.82) is 0 Å². The van der Waals surface area contributed by atoms with Gasteiger partial charge in [-0.1, -0.05) is 41.9 Å². The summed E-state index contributed by atoms with van der Waals surface area (Å²) in [5.74, 6) is -0.856. The molecule has 2 aliphatic heterocycles. The van der Waals surface area contributed by atoms with Gasteiger partial charge < -0.3 is 14.5 Å². The third kappa shape index (κ3) is 4.04. The molecule has 1 atom stereocenters. The summed E-state index contributed by atoms with van der Waals surface area (Å²) in [6.45, 7) is 5.81. The van der Waals surface area contributed by atoms with Crippen molar-refractivity contribution in [2.24, 2.45) is 0 Å². The number of benzene rings is 2. The standard InChI is InChI=1S/C24H25ClN2O4/c1-23(2,3)31-21(29)14-27-19-10-9-17(25)11-18(19)24(22(27)30)12-20(28)26(15-24)13-16-7-5-4-6-8-16/h4-11H,12-15H2,1-3H3. The van der Waals surface area contributed by atoms with Crippen LogP contribution in [0.1, 0.15) is 38.3 Å². The first kappa shape index (κ1) is 21.4. The fourth-order valence-corrected chi connectivity index (χ4v) is 4.55. The lowest BCUT2D eigenvalue weighted by Crippen LogP contribution is -2.45. The van der Waals surface area contributed by atoms with E-state index in [1.165, 1.54) is 4.90 Å². The number of hydrogen-bond donors (Lipinski definition) is 0. The van der Waals surface area contributed by atoms with Gasteiger partial charge >= 0.3 is 5.97 Å². The highest BCUT2D eigenvalue weighted by molar-refractivity contribution is 6.31. The highest BCUT2D eigenvalue weighted by atomic mass is 35.5. The molecule has 0 saturated carbocycles. The molecule has 2 aliphatic rings. The molecule has 2 aromatic rings. The van der Waals surface area contributed by atoms with Crippen LogP contribution in [0.15, 0.2) is 48.5 Å². The fourth-order valence-electron chi connectivity index (χ4n) is 4.38. The highest BCUT2D eigenvalue weighted by Gasteiger charge is 2.57. The topological polar surface area (TPSA) is 66.9 Å². The van der Waals surface area contributed by atoms with Gasteiger partial charge in [0.25, 0.3) is 0 Å². The van der Waals surface area contributed by atoms with Gasteiger partial charge in [-0.25, -0.2) is 0 Å². The number of carbonyl (C=O) groups is 3. The average molecular weight is 441 g/mol. The number of ether oxygens (including phenoxy) is 1. The molecule has 162 valence electrons. The largest absolute Gasteiger partial charge is 0.459 e. The summed E-state index contributed by atoms with van der Waals surface area (Å²) in [5.41, 5.74) is 0.590. The Kier molecular flexibility index (Phi) is 5.30. The third-order valence-electron chi connectivity index (χ3n) is 5.61. The molecule has 1 unspecified atom stereocenters. The van der Waals surface area contributed by atoms with Gasteiger partial charge in [-0.15, -0.1) is 0 Å². The Morgan fingerprint density at radius 2 is 1.84 bits per heavy atom. The molecule has 2 heterocycles. The highest BCUT2D eigenvalue weighted by Crippen LogP contribution is 2.48. The van der Waals surface area contributed by atoms with E-state index in [1.807, 2.05) is 30.3 Å².